The molecule has 0 radical (unpaired) electrons. The number of nitrogens with one attached hydrogen (secondary N) is 3. The molecule has 152 valence electrons. The highest BCUT2D eigenvalue weighted by atomic mass is 32.1. The first kappa shape index (κ1) is 20.0. The second-order valence-electron chi connectivity index (χ2n) is 7.87. The molecule has 2 heterocycles. The number of amides is 1. The number of para-hydroxylation sites is 1. The zero-order valence-corrected chi connectivity index (χ0v) is 17.6. The van der Waals surface area contributed by atoms with E-state index < -0.39 is 0 Å². The van der Waals surface area contributed by atoms with E-state index in [4.69, 9.17) is 4.98 Å². The Labute approximate surface area is 176 Å². The van der Waals surface area contributed by atoms with Crippen molar-refractivity contribution in [2.45, 2.75) is 19.4 Å². The number of thiazole rings is 1. The van der Waals surface area contributed by atoms with Crippen LogP contribution in [0.2, 0.25) is 0 Å². The third-order valence-electron chi connectivity index (χ3n) is 5.62. The fourth-order valence-corrected chi connectivity index (χ4v) is 5.01. The van der Waals surface area contributed by atoms with E-state index in [1.807, 2.05) is 23.5 Å². The summed E-state index contributed by atoms with van der Waals surface area (Å²) in [6.07, 6.45) is 2.01. The van der Waals surface area contributed by atoms with E-state index in [1.54, 1.807) is 4.90 Å². The molecule has 0 atom stereocenters. The number of hydrogen-bond donors (Lipinski definition) is 3. The van der Waals surface area contributed by atoms with Gasteiger partial charge in [-0.3, -0.25) is 4.79 Å². The van der Waals surface area contributed by atoms with Crippen molar-refractivity contribution in [2.75, 3.05) is 39.3 Å². The molecule has 1 aliphatic rings. The van der Waals surface area contributed by atoms with Crippen LogP contribution < -0.4 is 15.1 Å². The molecule has 1 fully saturated rings. The van der Waals surface area contributed by atoms with Gasteiger partial charge >= 0.3 is 0 Å². The maximum Gasteiger partial charge on any atom is 0.275 e. The average Bonchev–Trinajstić information content (AvgIpc) is 3.16. The number of piperazine rings is 1. The van der Waals surface area contributed by atoms with Gasteiger partial charge in [-0.1, -0.05) is 42.5 Å². The molecule has 0 saturated carbocycles. The van der Waals surface area contributed by atoms with E-state index >= 15 is 0 Å². The molecule has 3 N–H and O–H groups in total. The molecule has 0 spiro atoms. The minimum Gasteiger partial charge on any atom is -0.351 e. The third-order valence-corrected chi connectivity index (χ3v) is 6.66. The van der Waals surface area contributed by atoms with Gasteiger partial charge in [0.25, 0.3) is 5.91 Å². The van der Waals surface area contributed by atoms with Crippen molar-refractivity contribution in [2.24, 2.45) is 0 Å². The van der Waals surface area contributed by atoms with Crippen LogP contribution >= 0.6 is 11.3 Å². The predicted octanol–water partition coefficient (Wildman–Crippen LogP) is 0.329. The average molecular weight is 411 g/mol. The number of quaternary nitrogens is 2. The van der Waals surface area contributed by atoms with Crippen molar-refractivity contribution in [3.63, 3.8) is 0 Å². The SMILES string of the molecule is O=C(C[NH+]1CC[NH+](Cc2nc3ccccc3s2)CC1)NCCCc1ccccc1. The van der Waals surface area contributed by atoms with Gasteiger partial charge in [0.15, 0.2) is 6.54 Å². The van der Waals surface area contributed by atoms with E-state index in [1.165, 1.54) is 20.2 Å². The number of fused-ring (bicyclic) bond motifs is 1. The van der Waals surface area contributed by atoms with Crippen LogP contribution in [0, 0.1) is 0 Å². The lowest BCUT2D eigenvalue weighted by molar-refractivity contribution is -1.02. The first-order valence-electron chi connectivity index (χ1n) is 10.6. The number of aryl methyl sites for hydroxylation is 1. The Morgan fingerprint density at radius 2 is 1.69 bits per heavy atom. The molecule has 0 bridgehead atoms. The lowest BCUT2D eigenvalue weighted by Crippen LogP contribution is -3.28. The number of rotatable bonds is 8. The smallest absolute Gasteiger partial charge is 0.275 e. The fourth-order valence-electron chi connectivity index (χ4n) is 3.97. The maximum atomic E-state index is 12.2. The van der Waals surface area contributed by atoms with Crippen molar-refractivity contribution in [1.82, 2.24) is 10.3 Å². The van der Waals surface area contributed by atoms with Gasteiger partial charge < -0.3 is 15.1 Å². The van der Waals surface area contributed by atoms with Gasteiger partial charge in [0, 0.05) is 6.54 Å². The minimum absolute atomic E-state index is 0.183. The number of aromatic nitrogens is 1. The molecular weight excluding hydrogens is 380 g/mol. The highest BCUT2D eigenvalue weighted by Gasteiger charge is 2.25. The van der Waals surface area contributed by atoms with Crippen molar-refractivity contribution >= 4 is 27.5 Å². The third kappa shape index (κ3) is 5.85. The number of nitrogens with zero attached hydrogens (tertiary/aromatic N) is 1. The van der Waals surface area contributed by atoms with Gasteiger partial charge in [-0.25, -0.2) is 4.98 Å². The van der Waals surface area contributed by atoms with E-state index in [0.717, 1.165) is 57.6 Å². The standard InChI is InChI=1S/C23H28N4OS/c28-22(24-12-6-9-19-7-2-1-3-8-19)17-26-13-15-27(16-14-26)18-23-25-20-10-4-5-11-21(20)29-23/h1-5,7-8,10-11H,6,9,12-18H2,(H,24,28)/p+2. The Bertz CT molecular complexity index is 886. The minimum atomic E-state index is 0.183. The van der Waals surface area contributed by atoms with Crippen molar-refractivity contribution in [3.05, 3.63) is 65.2 Å². The molecule has 6 heteroatoms. The summed E-state index contributed by atoms with van der Waals surface area (Å²) in [4.78, 5) is 20.0. The molecule has 1 amide bonds. The zero-order valence-electron chi connectivity index (χ0n) is 16.8. The van der Waals surface area contributed by atoms with Crippen LogP contribution in [0.5, 0.6) is 0 Å². The summed E-state index contributed by atoms with van der Waals surface area (Å²) >= 11 is 1.81. The monoisotopic (exact) mass is 410 g/mol. The molecule has 4 rings (SSSR count). The Morgan fingerprint density at radius 1 is 0.966 bits per heavy atom. The quantitative estimate of drug-likeness (QED) is 0.469. The number of carbonyl (C=O) groups excluding carboxylic acids is 1. The topological polar surface area (TPSA) is 50.9 Å². The number of benzene rings is 2. The highest BCUT2D eigenvalue weighted by molar-refractivity contribution is 7.18. The normalized spacial score (nSPS) is 19.3. The summed E-state index contributed by atoms with van der Waals surface area (Å²) in [6, 6.07) is 18.8. The van der Waals surface area contributed by atoms with Crippen LogP contribution in [0.15, 0.2) is 54.6 Å². The Morgan fingerprint density at radius 3 is 2.48 bits per heavy atom. The molecule has 1 aromatic heterocycles. The molecule has 0 unspecified atom stereocenters. The largest absolute Gasteiger partial charge is 0.351 e. The van der Waals surface area contributed by atoms with Crippen molar-refractivity contribution in [1.29, 1.82) is 0 Å². The van der Waals surface area contributed by atoms with Crippen LogP contribution in [0.25, 0.3) is 10.2 Å². The van der Waals surface area contributed by atoms with Crippen LogP contribution in [-0.4, -0.2) is 50.2 Å². The molecule has 29 heavy (non-hydrogen) atoms. The summed E-state index contributed by atoms with van der Waals surface area (Å²) in [6.45, 7) is 6.67. The van der Waals surface area contributed by atoms with Crippen LogP contribution in [0.4, 0.5) is 0 Å². The maximum absolute atomic E-state index is 12.2. The van der Waals surface area contributed by atoms with Crippen molar-refractivity contribution in [3.8, 4) is 0 Å². The summed E-state index contributed by atoms with van der Waals surface area (Å²) in [5.74, 6) is 0.183. The van der Waals surface area contributed by atoms with Crippen LogP contribution in [0.1, 0.15) is 17.0 Å². The van der Waals surface area contributed by atoms with E-state index in [0.29, 0.717) is 6.54 Å². The Hall–Kier alpha value is -2.28. The second kappa shape index (κ2) is 9.96. The fraction of sp³-hybridized carbons (Fsp3) is 0.391. The molecule has 5 nitrogen and oxygen atoms in total. The summed E-state index contributed by atoms with van der Waals surface area (Å²) in [7, 11) is 0. The summed E-state index contributed by atoms with van der Waals surface area (Å²) in [5.41, 5.74) is 2.44. The second-order valence-corrected chi connectivity index (χ2v) is 8.98. The predicted molar refractivity (Wildman–Crippen MR) is 117 cm³/mol. The highest BCUT2D eigenvalue weighted by Crippen LogP contribution is 2.20. The number of carbonyl (C=O) groups is 1. The Balaban J connectivity index is 1.13. The molecule has 0 aliphatic carbocycles. The molecule has 2 aromatic carbocycles. The molecule has 1 saturated heterocycles. The first-order valence-corrected chi connectivity index (χ1v) is 11.4. The summed E-state index contributed by atoms with van der Waals surface area (Å²) < 4.78 is 1.27. The lowest BCUT2D eigenvalue weighted by atomic mass is 10.1. The van der Waals surface area contributed by atoms with Crippen LogP contribution in [0.3, 0.4) is 0 Å². The Kier molecular flexibility index (Phi) is 6.87. The van der Waals surface area contributed by atoms with Gasteiger partial charge in [0.1, 0.15) is 37.7 Å². The van der Waals surface area contributed by atoms with Gasteiger partial charge in [0.05, 0.1) is 10.2 Å². The van der Waals surface area contributed by atoms with Gasteiger partial charge in [0.2, 0.25) is 0 Å². The lowest BCUT2D eigenvalue weighted by Gasteiger charge is -2.28. The van der Waals surface area contributed by atoms with Crippen molar-refractivity contribution < 1.29 is 14.6 Å². The summed E-state index contributed by atoms with van der Waals surface area (Å²) in [5, 5.41) is 4.31. The number of hydrogen-bond acceptors (Lipinski definition) is 3. The van der Waals surface area contributed by atoms with Crippen LogP contribution in [-0.2, 0) is 17.8 Å². The van der Waals surface area contributed by atoms with Gasteiger partial charge in [-0.2, -0.15) is 0 Å². The van der Waals surface area contributed by atoms with E-state index in [-0.39, 0.29) is 5.91 Å². The van der Waals surface area contributed by atoms with E-state index in [2.05, 4.69) is 47.8 Å². The van der Waals surface area contributed by atoms with Gasteiger partial charge in [-0.15, -0.1) is 11.3 Å². The molecule has 1 aliphatic heterocycles. The first-order chi connectivity index (χ1) is 14.3. The zero-order chi connectivity index (χ0) is 19.9. The van der Waals surface area contributed by atoms with E-state index in [9.17, 15) is 4.79 Å². The molecule has 3 aromatic rings. The van der Waals surface area contributed by atoms with Gasteiger partial charge in [-0.05, 0) is 30.5 Å². The molecular formula is C23H30N4OS+2.